The lowest BCUT2D eigenvalue weighted by atomic mass is 9.74. The Morgan fingerprint density at radius 3 is 2.46 bits per heavy atom. The lowest BCUT2D eigenvalue weighted by Gasteiger charge is -2.37. The molecule has 1 saturated heterocycles. The van der Waals surface area contributed by atoms with Gasteiger partial charge in [0.15, 0.2) is 0 Å². The highest BCUT2D eigenvalue weighted by Gasteiger charge is 2.37. The van der Waals surface area contributed by atoms with Gasteiger partial charge in [-0.3, -0.25) is 4.79 Å². The average molecular weight is 322 g/mol. The van der Waals surface area contributed by atoms with E-state index in [9.17, 15) is 14.4 Å². The van der Waals surface area contributed by atoms with Gasteiger partial charge in [0.1, 0.15) is 5.82 Å². The van der Waals surface area contributed by atoms with Gasteiger partial charge in [-0.25, -0.2) is 4.39 Å². The highest BCUT2D eigenvalue weighted by molar-refractivity contribution is 5.79. The number of carbonyl (C=O) groups is 1. The molecule has 0 bridgehead atoms. The van der Waals surface area contributed by atoms with E-state index >= 15 is 0 Å². The van der Waals surface area contributed by atoms with E-state index in [1.165, 1.54) is 12.1 Å². The van der Waals surface area contributed by atoms with Crippen molar-refractivity contribution in [3.05, 3.63) is 71.5 Å². The van der Waals surface area contributed by atoms with Crippen molar-refractivity contribution in [1.29, 1.82) is 5.26 Å². The lowest BCUT2D eigenvalue weighted by molar-refractivity contribution is -0.131. The van der Waals surface area contributed by atoms with Gasteiger partial charge in [-0.1, -0.05) is 42.5 Å². The molecule has 1 aliphatic rings. The van der Waals surface area contributed by atoms with E-state index in [0.717, 1.165) is 5.56 Å². The molecule has 0 aliphatic carbocycles. The number of hydrogen-bond donors (Lipinski definition) is 0. The molecule has 2 aromatic carbocycles. The first-order valence-corrected chi connectivity index (χ1v) is 8.12. The van der Waals surface area contributed by atoms with Crippen molar-refractivity contribution in [2.75, 3.05) is 13.1 Å². The monoisotopic (exact) mass is 322 g/mol. The van der Waals surface area contributed by atoms with Gasteiger partial charge in [0.25, 0.3) is 0 Å². The number of benzene rings is 2. The molecule has 0 spiro atoms. The maximum Gasteiger partial charge on any atom is 0.226 e. The number of amides is 1. The third kappa shape index (κ3) is 3.30. The molecule has 0 radical (unpaired) electrons. The summed E-state index contributed by atoms with van der Waals surface area (Å²) in [6, 6.07) is 18.4. The Balaban J connectivity index is 1.66. The second-order valence-electron chi connectivity index (χ2n) is 6.25. The fourth-order valence-electron chi connectivity index (χ4n) is 3.29. The number of piperidine rings is 1. The average Bonchev–Trinajstić information content (AvgIpc) is 2.62. The summed E-state index contributed by atoms with van der Waals surface area (Å²) in [6.07, 6.45) is 1.45. The van der Waals surface area contributed by atoms with Gasteiger partial charge in [-0.05, 0) is 36.1 Å². The molecule has 1 fully saturated rings. The molecule has 0 atom stereocenters. The van der Waals surface area contributed by atoms with Crippen LogP contribution in [0.15, 0.2) is 54.6 Å². The van der Waals surface area contributed by atoms with Crippen molar-refractivity contribution in [3.63, 3.8) is 0 Å². The molecule has 0 saturated carbocycles. The Hall–Kier alpha value is -2.67. The predicted molar refractivity (Wildman–Crippen MR) is 89.7 cm³/mol. The topological polar surface area (TPSA) is 44.1 Å². The molecule has 1 heterocycles. The second kappa shape index (κ2) is 6.84. The molecule has 0 N–H and O–H groups in total. The Bertz CT molecular complexity index is 759. The Morgan fingerprint density at radius 1 is 1.12 bits per heavy atom. The molecule has 3 nitrogen and oxygen atoms in total. The molecular formula is C20H19FN2O. The van der Waals surface area contributed by atoms with E-state index < -0.39 is 5.41 Å². The zero-order chi connectivity index (χ0) is 17.0. The van der Waals surface area contributed by atoms with E-state index in [-0.39, 0.29) is 18.1 Å². The van der Waals surface area contributed by atoms with Crippen molar-refractivity contribution >= 4 is 5.91 Å². The molecule has 4 heteroatoms. The smallest absolute Gasteiger partial charge is 0.226 e. The Labute approximate surface area is 141 Å². The maximum atomic E-state index is 13.2. The van der Waals surface area contributed by atoms with Crippen LogP contribution in [-0.4, -0.2) is 23.9 Å². The van der Waals surface area contributed by atoms with Gasteiger partial charge in [0.2, 0.25) is 5.91 Å². The van der Waals surface area contributed by atoms with Gasteiger partial charge in [-0.15, -0.1) is 0 Å². The van der Waals surface area contributed by atoms with E-state index in [4.69, 9.17) is 0 Å². The van der Waals surface area contributed by atoms with Crippen LogP contribution in [0.2, 0.25) is 0 Å². The van der Waals surface area contributed by atoms with Crippen LogP contribution >= 0.6 is 0 Å². The standard InChI is InChI=1S/C20H19FN2O/c21-18-8-4-5-16(13-18)14-19(24)23-11-9-20(15-22,10-12-23)17-6-2-1-3-7-17/h1-8,13H,9-12,14H2. The molecule has 1 amide bonds. The zero-order valence-electron chi connectivity index (χ0n) is 13.4. The predicted octanol–water partition coefficient (Wildman–Crippen LogP) is 3.45. The SMILES string of the molecule is N#CC1(c2ccccc2)CCN(C(=O)Cc2cccc(F)c2)CC1. The zero-order valence-corrected chi connectivity index (χ0v) is 13.4. The van der Waals surface area contributed by atoms with Crippen LogP contribution in [0.5, 0.6) is 0 Å². The molecule has 24 heavy (non-hydrogen) atoms. The number of likely N-dealkylation sites (tertiary alicyclic amines) is 1. The fourth-order valence-corrected chi connectivity index (χ4v) is 3.29. The number of hydrogen-bond acceptors (Lipinski definition) is 2. The number of carbonyl (C=O) groups excluding carboxylic acids is 1. The summed E-state index contributed by atoms with van der Waals surface area (Å²) in [5.74, 6) is -0.341. The van der Waals surface area contributed by atoms with Crippen LogP contribution in [0.4, 0.5) is 4.39 Å². The highest BCUT2D eigenvalue weighted by Crippen LogP contribution is 2.35. The summed E-state index contributed by atoms with van der Waals surface area (Å²) >= 11 is 0. The minimum atomic E-state index is -0.517. The summed E-state index contributed by atoms with van der Waals surface area (Å²) in [6.45, 7) is 1.10. The van der Waals surface area contributed by atoms with E-state index in [2.05, 4.69) is 6.07 Å². The van der Waals surface area contributed by atoms with E-state index in [1.54, 1.807) is 17.0 Å². The summed E-state index contributed by atoms with van der Waals surface area (Å²) in [5, 5.41) is 9.69. The van der Waals surface area contributed by atoms with Crippen LogP contribution in [0, 0.1) is 17.1 Å². The molecule has 1 aliphatic heterocycles. The van der Waals surface area contributed by atoms with E-state index in [0.29, 0.717) is 31.5 Å². The molecule has 2 aromatic rings. The third-order valence-electron chi connectivity index (χ3n) is 4.75. The van der Waals surface area contributed by atoms with Crippen molar-refractivity contribution in [2.45, 2.75) is 24.7 Å². The minimum Gasteiger partial charge on any atom is -0.342 e. The Morgan fingerprint density at radius 2 is 1.83 bits per heavy atom. The first-order chi connectivity index (χ1) is 11.6. The van der Waals surface area contributed by atoms with Gasteiger partial charge in [-0.2, -0.15) is 5.26 Å². The van der Waals surface area contributed by atoms with Crippen LogP contribution in [0.3, 0.4) is 0 Å². The molecule has 3 rings (SSSR count). The largest absolute Gasteiger partial charge is 0.342 e. The number of nitriles is 1. The number of nitrogens with zero attached hydrogens (tertiary/aromatic N) is 2. The minimum absolute atomic E-state index is 0.0137. The highest BCUT2D eigenvalue weighted by atomic mass is 19.1. The van der Waals surface area contributed by atoms with Crippen molar-refractivity contribution in [1.82, 2.24) is 4.90 Å². The fraction of sp³-hybridized carbons (Fsp3) is 0.300. The Kier molecular flexibility index (Phi) is 4.61. The van der Waals surface area contributed by atoms with Crippen molar-refractivity contribution < 1.29 is 9.18 Å². The number of rotatable bonds is 3. The van der Waals surface area contributed by atoms with Crippen LogP contribution in [0.1, 0.15) is 24.0 Å². The first-order valence-electron chi connectivity index (χ1n) is 8.12. The molecule has 122 valence electrons. The quantitative estimate of drug-likeness (QED) is 0.869. The van der Waals surface area contributed by atoms with Gasteiger partial charge in [0.05, 0.1) is 17.9 Å². The van der Waals surface area contributed by atoms with Gasteiger partial charge >= 0.3 is 0 Å². The number of halogens is 1. The summed E-state index contributed by atoms with van der Waals surface area (Å²) in [5.41, 5.74) is 1.18. The molecule has 0 aromatic heterocycles. The summed E-state index contributed by atoms with van der Waals surface area (Å²) < 4.78 is 13.2. The maximum absolute atomic E-state index is 13.2. The van der Waals surface area contributed by atoms with Gasteiger partial charge < -0.3 is 4.90 Å². The molecule has 0 unspecified atom stereocenters. The molecular weight excluding hydrogens is 303 g/mol. The van der Waals surface area contributed by atoms with Crippen LogP contribution in [0.25, 0.3) is 0 Å². The van der Waals surface area contributed by atoms with Gasteiger partial charge in [0, 0.05) is 13.1 Å². The second-order valence-corrected chi connectivity index (χ2v) is 6.25. The van der Waals surface area contributed by atoms with Crippen LogP contribution < -0.4 is 0 Å². The van der Waals surface area contributed by atoms with E-state index in [1.807, 2.05) is 30.3 Å². The first kappa shape index (κ1) is 16.2. The summed E-state index contributed by atoms with van der Waals surface area (Å²) in [4.78, 5) is 14.2. The van der Waals surface area contributed by atoms with Crippen molar-refractivity contribution in [2.24, 2.45) is 0 Å². The van der Waals surface area contributed by atoms with Crippen LogP contribution in [-0.2, 0) is 16.6 Å². The summed E-state index contributed by atoms with van der Waals surface area (Å²) in [7, 11) is 0. The normalized spacial score (nSPS) is 16.4. The lowest BCUT2D eigenvalue weighted by Crippen LogP contribution is -2.45. The third-order valence-corrected chi connectivity index (χ3v) is 4.75. The van der Waals surface area contributed by atoms with Crippen molar-refractivity contribution in [3.8, 4) is 6.07 Å².